The van der Waals surface area contributed by atoms with Crippen LogP contribution >= 0.6 is 11.3 Å². The van der Waals surface area contributed by atoms with E-state index in [1.165, 1.54) is 43.1 Å². The minimum atomic E-state index is -1.23. The molecule has 0 radical (unpaired) electrons. The van der Waals surface area contributed by atoms with Gasteiger partial charge in [-0.25, -0.2) is 9.18 Å². The lowest BCUT2D eigenvalue weighted by Crippen LogP contribution is -2.42. The number of carboxylic acids is 1. The highest BCUT2D eigenvalue weighted by Crippen LogP contribution is 2.32. The minimum absolute atomic E-state index is 0.0706. The van der Waals surface area contributed by atoms with Crippen molar-refractivity contribution in [3.8, 4) is 26.9 Å². The Kier molecular flexibility index (Phi) is 11.2. The summed E-state index contributed by atoms with van der Waals surface area (Å²) in [4.78, 5) is 24.7. The third kappa shape index (κ3) is 8.95. The Morgan fingerprint density at radius 1 is 0.932 bits per heavy atom. The maximum Gasteiger partial charge on any atom is 0.326 e. The molecule has 4 rings (SSSR count). The normalized spacial score (nSPS) is 12.1. The second-order valence-electron chi connectivity index (χ2n) is 11.9. The van der Waals surface area contributed by atoms with Gasteiger partial charge in [-0.2, -0.15) is 0 Å². The monoisotopic (exact) mass is 617 g/mol. The van der Waals surface area contributed by atoms with Crippen molar-refractivity contribution in [2.24, 2.45) is 0 Å². The van der Waals surface area contributed by atoms with Gasteiger partial charge in [0.25, 0.3) is 5.91 Å². The van der Waals surface area contributed by atoms with Crippen LogP contribution in [0, 0.1) is 5.82 Å². The van der Waals surface area contributed by atoms with Gasteiger partial charge in [0.2, 0.25) is 0 Å². The summed E-state index contributed by atoms with van der Waals surface area (Å²) in [6.45, 7) is 9.10. The molecule has 9 heteroatoms. The zero-order chi connectivity index (χ0) is 31.7. The zero-order valence-corrected chi connectivity index (χ0v) is 26.5. The van der Waals surface area contributed by atoms with Crippen LogP contribution in [-0.2, 0) is 16.6 Å². The molecule has 4 aromatic rings. The van der Waals surface area contributed by atoms with Crippen LogP contribution in [0.1, 0.15) is 81.3 Å². The number of halogens is 1. The van der Waals surface area contributed by atoms with Crippen LogP contribution in [0.5, 0.6) is 5.75 Å². The Bertz CT molecular complexity index is 1550. The van der Waals surface area contributed by atoms with Gasteiger partial charge in [-0.1, -0.05) is 82.9 Å². The number of hydrogen-bond acceptors (Lipinski definition) is 6. The lowest BCUT2D eigenvalue weighted by molar-refractivity contribution is -0.139. The first-order valence-electron chi connectivity index (χ1n) is 15.0. The second kappa shape index (κ2) is 15.1. The minimum Gasteiger partial charge on any atom is -0.494 e. The molecular formula is C35H40FN3O4S. The van der Waals surface area contributed by atoms with Crippen LogP contribution in [0.15, 0.2) is 66.7 Å². The maximum atomic E-state index is 15.2. The molecule has 0 aliphatic heterocycles. The number of carbonyl (C=O) groups excluding carboxylic acids is 1. The largest absolute Gasteiger partial charge is 0.494 e. The fraction of sp³-hybridized carbons (Fsp3) is 0.371. The predicted molar refractivity (Wildman–Crippen MR) is 173 cm³/mol. The average Bonchev–Trinajstić information content (AvgIpc) is 3.48. The fourth-order valence-corrected chi connectivity index (χ4v) is 5.57. The van der Waals surface area contributed by atoms with E-state index in [0.717, 1.165) is 23.3 Å². The van der Waals surface area contributed by atoms with Crippen molar-refractivity contribution >= 4 is 23.2 Å². The van der Waals surface area contributed by atoms with E-state index in [0.29, 0.717) is 27.7 Å². The predicted octanol–water partition coefficient (Wildman–Crippen LogP) is 8.08. The molecule has 0 aliphatic carbocycles. The summed E-state index contributed by atoms with van der Waals surface area (Å²) >= 11 is 1.27. The summed E-state index contributed by atoms with van der Waals surface area (Å²) < 4.78 is 21.1. The number of nitrogens with zero attached hydrogens (tertiary/aromatic N) is 2. The molecule has 3 aromatic carbocycles. The highest BCUT2D eigenvalue weighted by Gasteiger charge is 2.23. The number of amides is 1. The number of carboxylic acid groups (broad SMARTS) is 1. The number of nitrogens with one attached hydrogen (secondary N) is 1. The average molecular weight is 618 g/mol. The third-order valence-electron chi connectivity index (χ3n) is 7.36. The molecule has 44 heavy (non-hydrogen) atoms. The Labute approximate surface area is 262 Å². The van der Waals surface area contributed by atoms with Gasteiger partial charge in [0.05, 0.1) is 6.61 Å². The molecule has 0 saturated heterocycles. The van der Waals surface area contributed by atoms with Gasteiger partial charge in [0, 0.05) is 23.1 Å². The summed E-state index contributed by atoms with van der Waals surface area (Å²) in [5.41, 5.74) is 2.92. The number of benzene rings is 3. The quantitative estimate of drug-likeness (QED) is 0.139. The first-order valence-corrected chi connectivity index (χ1v) is 15.9. The first kappa shape index (κ1) is 32.8. The highest BCUT2D eigenvalue weighted by atomic mass is 32.1. The summed E-state index contributed by atoms with van der Waals surface area (Å²) in [6, 6.07) is 18.0. The van der Waals surface area contributed by atoms with Crippen molar-refractivity contribution in [2.45, 2.75) is 77.7 Å². The maximum absolute atomic E-state index is 15.2. The summed E-state index contributed by atoms with van der Waals surface area (Å²) in [5.74, 6) is -1.45. The Hall–Kier alpha value is -4.11. The number of aliphatic carboxylic acids is 1. The van der Waals surface area contributed by atoms with Gasteiger partial charge in [0.15, 0.2) is 5.01 Å². The molecule has 2 N–H and O–H groups in total. The van der Waals surface area contributed by atoms with Crippen molar-refractivity contribution in [1.82, 2.24) is 15.5 Å². The number of ether oxygens (including phenoxy) is 1. The fourth-order valence-electron chi connectivity index (χ4n) is 4.70. The molecule has 1 atom stereocenters. The molecule has 7 nitrogen and oxygen atoms in total. The molecule has 232 valence electrons. The van der Waals surface area contributed by atoms with E-state index < -0.39 is 23.7 Å². The molecule has 1 aromatic heterocycles. The Morgan fingerprint density at radius 2 is 1.61 bits per heavy atom. The number of rotatable bonds is 14. The Morgan fingerprint density at radius 3 is 2.25 bits per heavy atom. The van der Waals surface area contributed by atoms with E-state index in [1.54, 1.807) is 24.3 Å². The van der Waals surface area contributed by atoms with Crippen molar-refractivity contribution in [3.05, 3.63) is 89.2 Å². The molecule has 1 amide bonds. The van der Waals surface area contributed by atoms with E-state index in [4.69, 9.17) is 4.74 Å². The van der Waals surface area contributed by atoms with Gasteiger partial charge < -0.3 is 15.2 Å². The van der Waals surface area contributed by atoms with Gasteiger partial charge in [-0.15, -0.1) is 10.2 Å². The lowest BCUT2D eigenvalue weighted by Gasteiger charge is -2.19. The number of unbranched alkanes of at least 4 members (excludes halogenated alkanes) is 4. The van der Waals surface area contributed by atoms with Gasteiger partial charge in [-0.3, -0.25) is 4.79 Å². The van der Waals surface area contributed by atoms with E-state index in [2.05, 4.69) is 43.2 Å². The van der Waals surface area contributed by atoms with Crippen LogP contribution in [-0.4, -0.2) is 39.8 Å². The molecule has 0 unspecified atom stereocenters. The van der Waals surface area contributed by atoms with Crippen LogP contribution in [0.2, 0.25) is 0 Å². The van der Waals surface area contributed by atoms with E-state index in [9.17, 15) is 14.7 Å². The molecular weight excluding hydrogens is 577 g/mol. The molecule has 0 aliphatic rings. The second-order valence-corrected chi connectivity index (χ2v) is 12.9. The standard InChI is InChI=1S/C35H40FN3O4S/c1-5-6-7-8-9-20-43-27-17-13-25(14-18-27)32-38-39-33(44-32)28-19-10-23(21-29(28)36)22-30(34(41)42)37-31(40)24-11-15-26(16-12-24)35(2,3)4/h10-19,21,30H,5-9,20,22H2,1-4H3,(H,37,40)(H,41,42)/t30-/m0/s1. The van der Waals surface area contributed by atoms with E-state index >= 15 is 4.39 Å². The number of hydrogen-bond donors (Lipinski definition) is 2. The number of carbonyl (C=O) groups is 2. The topological polar surface area (TPSA) is 101 Å². The lowest BCUT2D eigenvalue weighted by atomic mass is 9.86. The van der Waals surface area contributed by atoms with E-state index in [-0.39, 0.29) is 17.4 Å². The van der Waals surface area contributed by atoms with Crippen molar-refractivity contribution in [2.75, 3.05) is 6.61 Å². The van der Waals surface area contributed by atoms with Crippen molar-refractivity contribution < 1.29 is 23.8 Å². The molecule has 1 heterocycles. The van der Waals surface area contributed by atoms with E-state index in [1.807, 2.05) is 36.4 Å². The van der Waals surface area contributed by atoms with Crippen LogP contribution in [0.4, 0.5) is 4.39 Å². The van der Waals surface area contributed by atoms with Crippen LogP contribution in [0.25, 0.3) is 21.1 Å². The van der Waals surface area contributed by atoms with Crippen LogP contribution in [0.3, 0.4) is 0 Å². The summed E-state index contributed by atoms with van der Waals surface area (Å²) in [5, 5.41) is 21.8. The first-order chi connectivity index (χ1) is 21.0. The van der Waals surface area contributed by atoms with Gasteiger partial charge >= 0.3 is 5.97 Å². The van der Waals surface area contributed by atoms with Crippen LogP contribution < -0.4 is 10.1 Å². The number of aromatic nitrogens is 2. The van der Waals surface area contributed by atoms with Crippen molar-refractivity contribution in [3.63, 3.8) is 0 Å². The molecule has 0 spiro atoms. The van der Waals surface area contributed by atoms with Crippen molar-refractivity contribution in [1.29, 1.82) is 0 Å². The van der Waals surface area contributed by atoms with Gasteiger partial charge in [0.1, 0.15) is 22.6 Å². The summed E-state index contributed by atoms with van der Waals surface area (Å²) in [6.07, 6.45) is 5.83. The third-order valence-corrected chi connectivity index (χ3v) is 8.37. The molecule has 0 bridgehead atoms. The Balaban J connectivity index is 1.37. The zero-order valence-electron chi connectivity index (χ0n) is 25.7. The van der Waals surface area contributed by atoms with Gasteiger partial charge in [-0.05, 0) is 71.5 Å². The smallest absolute Gasteiger partial charge is 0.326 e. The summed E-state index contributed by atoms with van der Waals surface area (Å²) in [7, 11) is 0. The highest BCUT2D eigenvalue weighted by molar-refractivity contribution is 7.17. The SMILES string of the molecule is CCCCCCCOc1ccc(-c2nnc(-c3ccc(C[C@H](NC(=O)c4ccc(C(C)(C)C)cc4)C(=O)O)cc3F)s2)cc1. The molecule has 0 fully saturated rings. The molecule has 0 saturated carbocycles.